The van der Waals surface area contributed by atoms with Crippen molar-refractivity contribution in [2.24, 2.45) is 17.8 Å². The highest BCUT2D eigenvalue weighted by Gasteiger charge is 2.51. The van der Waals surface area contributed by atoms with Gasteiger partial charge in [-0.25, -0.2) is 4.79 Å². The number of benzene rings is 3. The van der Waals surface area contributed by atoms with E-state index < -0.39 is 0 Å². The Kier molecular flexibility index (Phi) is 5.99. The summed E-state index contributed by atoms with van der Waals surface area (Å²) in [4.78, 5) is 14.5. The van der Waals surface area contributed by atoms with Gasteiger partial charge in [0.25, 0.3) is 0 Å². The third kappa shape index (κ3) is 4.27. The number of hydrogen-bond donors (Lipinski definition) is 1. The average Bonchev–Trinajstić information content (AvgIpc) is 2.88. The molecule has 4 heteroatoms. The van der Waals surface area contributed by atoms with Gasteiger partial charge in [-0.3, -0.25) is 0 Å². The molecule has 4 saturated carbocycles. The van der Waals surface area contributed by atoms with Crippen molar-refractivity contribution in [1.29, 1.82) is 0 Å². The molecule has 0 aliphatic heterocycles. The molecular formula is C32H36N2O2. The molecule has 186 valence electrons. The van der Waals surface area contributed by atoms with Crippen LogP contribution in [0, 0.1) is 17.8 Å². The monoisotopic (exact) mass is 480 g/mol. The summed E-state index contributed by atoms with van der Waals surface area (Å²) in [5, 5.41) is 3.37. The molecule has 4 bridgehead atoms. The number of ether oxygens (including phenoxy) is 1. The fourth-order valence-corrected chi connectivity index (χ4v) is 7.55. The van der Waals surface area contributed by atoms with Gasteiger partial charge in [-0.15, -0.1) is 0 Å². The number of hydrogen-bond acceptors (Lipinski definition) is 4. The first-order valence-electron chi connectivity index (χ1n) is 13.5. The van der Waals surface area contributed by atoms with Crippen LogP contribution < -0.4 is 10.2 Å². The number of carbonyl (C=O) groups is 1. The molecule has 0 unspecified atom stereocenters. The molecule has 4 nitrogen and oxygen atoms in total. The SMILES string of the molecule is CCOC(=O)c1ccccc1Nc1ccc(N(C)c2ccc(C34CC5CC(CC(C5)C3)C4)cc2)cc1. The second-order valence-corrected chi connectivity index (χ2v) is 11.2. The van der Waals surface area contributed by atoms with E-state index in [1.54, 1.807) is 11.6 Å². The summed E-state index contributed by atoms with van der Waals surface area (Å²) in [7, 11) is 2.12. The summed E-state index contributed by atoms with van der Waals surface area (Å²) in [6.07, 6.45) is 8.67. The number of carbonyl (C=O) groups excluding carboxylic acids is 1. The summed E-state index contributed by atoms with van der Waals surface area (Å²) in [6, 6.07) is 25.2. The van der Waals surface area contributed by atoms with E-state index >= 15 is 0 Å². The van der Waals surface area contributed by atoms with Crippen LogP contribution >= 0.6 is 0 Å². The van der Waals surface area contributed by atoms with Gasteiger partial charge in [0.05, 0.1) is 17.9 Å². The summed E-state index contributed by atoms with van der Waals surface area (Å²) < 4.78 is 5.20. The van der Waals surface area contributed by atoms with E-state index in [0.29, 0.717) is 17.6 Å². The number of para-hydroxylation sites is 1. The van der Waals surface area contributed by atoms with Crippen molar-refractivity contribution in [1.82, 2.24) is 0 Å². The van der Waals surface area contributed by atoms with Crippen LogP contribution in [0.15, 0.2) is 72.8 Å². The van der Waals surface area contributed by atoms with Crippen molar-refractivity contribution >= 4 is 28.7 Å². The van der Waals surface area contributed by atoms with E-state index in [9.17, 15) is 4.79 Å². The van der Waals surface area contributed by atoms with E-state index in [-0.39, 0.29) is 5.97 Å². The average molecular weight is 481 g/mol. The molecule has 4 fully saturated rings. The fraction of sp³-hybridized carbons (Fsp3) is 0.406. The van der Waals surface area contributed by atoms with Gasteiger partial charge in [0.2, 0.25) is 0 Å². The topological polar surface area (TPSA) is 41.6 Å². The summed E-state index contributed by atoms with van der Waals surface area (Å²) in [5.41, 5.74) is 6.56. The zero-order valence-corrected chi connectivity index (χ0v) is 21.4. The molecule has 3 aromatic carbocycles. The zero-order chi connectivity index (χ0) is 24.7. The first-order valence-corrected chi connectivity index (χ1v) is 13.5. The smallest absolute Gasteiger partial charge is 0.340 e. The van der Waals surface area contributed by atoms with Gasteiger partial charge in [-0.05, 0) is 123 Å². The third-order valence-electron chi connectivity index (χ3n) is 8.86. The lowest BCUT2D eigenvalue weighted by Crippen LogP contribution is -2.48. The number of esters is 1. The summed E-state index contributed by atoms with van der Waals surface area (Å²) >= 11 is 0. The highest BCUT2D eigenvalue weighted by Crippen LogP contribution is 2.60. The molecule has 0 spiro atoms. The molecule has 3 aromatic rings. The number of nitrogens with zero attached hydrogens (tertiary/aromatic N) is 1. The molecular weight excluding hydrogens is 444 g/mol. The van der Waals surface area contributed by atoms with Crippen LogP contribution in [0.5, 0.6) is 0 Å². The van der Waals surface area contributed by atoms with Gasteiger partial charge in [0.15, 0.2) is 0 Å². The fourth-order valence-electron chi connectivity index (χ4n) is 7.55. The van der Waals surface area contributed by atoms with Gasteiger partial charge < -0.3 is 15.0 Å². The van der Waals surface area contributed by atoms with Crippen LogP contribution in [0.4, 0.5) is 22.7 Å². The van der Waals surface area contributed by atoms with Crippen LogP contribution in [0.2, 0.25) is 0 Å². The Morgan fingerprint density at radius 1 is 0.861 bits per heavy atom. The Labute approximate surface area is 214 Å². The van der Waals surface area contributed by atoms with Gasteiger partial charge in [0, 0.05) is 24.1 Å². The van der Waals surface area contributed by atoms with E-state index in [1.165, 1.54) is 44.2 Å². The second-order valence-electron chi connectivity index (χ2n) is 11.2. The quantitative estimate of drug-likeness (QED) is 0.350. The molecule has 0 heterocycles. The summed E-state index contributed by atoms with van der Waals surface area (Å²) in [5.74, 6) is 2.59. The molecule has 0 amide bonds. The lowest BCUT2D eigenvalue weighted by Gasteiger charge is -2.57. The summed E-state index contributed by atoms with van der Waals surface area (Å²) in [6.45, 7) is 2.18. The maximum Gasteiger partial charge on any atom is 0.340 e. The minimum atomic E-state index is -0.311. The maximum atomic E-state index is 12.3. The number of anilines is 4. The Balaban J connectivity index is 1.16. The van der Waals surface area contributed by atoms with Crippen molar-refractivity contribution in [2.45, 2.75) is 50.9 Å². The molecule has 7 rings (SSSR count). The normalized spacial score (nSPS) is 26.0. The minimum Gasteiger partial charge on any atom is -0.462 e. The van der Waals surface area contributed by atoms with Crippen LogP contribution in [0.1, 0.15) is 61.4 Å². The third-order valence-corrected chi connectivity index (χ3v) is 8.86. The second kappa shape index (κ2) is 9.31. The first-order chi connectivity index (χ1) is 17.5. The largest absolute Gasteiger partial charge is 0.462 e. The van der Waals surface area contributed by atoms with E-state index in [0.717, 1.165) is 34.8 Å². The van der Waals surface area contributed by atoms with Crippen LogP contribution in [0.25, 0.3) is 0 Å². The predicted molar refractivity (Wildman–Crippen MR) is 146 cm³/mol. The molecule has 36 heavy (non-hydrogen) atoms. The number of rotatable bonds is 7. The first kappa shape index (κ1) is 23.1. The standard InChI is InChI=1S/C32H36N2O2/c1-3-36-31(35)29-6-4-5-7-30(29)33-26-10-14-28(15-11-26)34(2)27-12-8-25(9-13-27)32-19-22-16-23(20-32)18-24(17-22)21-32/h4-15,22-24,33H,3,16-21H2,1-2H3. The Morgan fingerprint density at radius 3 is 2.00 bits per heavy atom. The van der Waals surface area contributed by atoms with Crippen LogP contribution in [-0.4, -0.2) is 19.6 Å². The number of nitrogens with one attached hydrogen (secondary N) is 1. The van der Waals surface area contributed by atoms with Gasteiger partial charge >= 0.3 is 5.97 Å². The van der Waals surface area contributed by atoms with Gasteiger partial charge in [-0.2, -0.15) is 0 Å². The minimum absolute atomic E-state index is 0.311. The lowest BCUT2D eigenvalue weighted by atomic mass is 9.48. The molecule has 0 saturated heterocycles. The molecule has 0 atom stereocenters. The highest BCUT2D eigenvalue weighted by atomic mass is 16.5. The van der Waals surface area contributed by atoms with Crippen molar-refractivity contribution in [3.63, 3.8) is 0 Å². The van der Waals surface area contributed by atoms with Gasteiger partial charge in [-0.1, -0.05) is 24.3 Å². The van der Waals surface area contributed by atoms with Crippen LogP contribution in [0.3, 0.4) is 0 Å². The van der Waals surface area contributed by atoms with Crippen LogP contribution in [-0.2, 0) is 10.2 Å². The van der Waals surface area contributed by atoms with Gasteiger partial charge in [0.1, 0.15) is 0 Å². The van der Waals surface area contributed by atoms with E-state index in [2.05, 4.69) is 65.8 Å². The van der Waals surface area contributed by atoms with Crippen molar-refractivity contribution in [2.75, 3.05) is 23.9 Å². The molecule has 0 radical (unpaired) electrons. The lowest BCUT2D eigenvalue weighted by molar-refractivity contribution is -0.00518. The van der Waals surface area contributed by atoms with Crippen molar-refractivity contribution in [3.8, 4) is 0 Å². The maximum absolute atomic E-state index is 12.3. The molecule has 4 aliphatic carbocycles. The highest BCUT2D eigenvalue weighted by molar-refractivity contribution is 5.96. The van der Waals surface area contributed by atoms with E-state index in [4.69, 9.17) is 4.74 Å². The Bertz CT molecular complexity index is 1200. The zero-order valence-electron chi connectivity index (χ0n) is 21.4. The molecule has 4 aliphatic rings. The Morgan fingerprint density at radius 2 is 1.42 bits per heavy atom. The van der Waals surface area contributed by atoms with E-state index in [1.807, 2.05) is 25.1 Å². The molecule has 0 aromatic heterocycles. The molecule has 1 N–H and O–H groups in total. The predicted octanol–water partition coefficient (Wildman–Crippen LogP) is 7.84. The van der Waals surface area contributed by atoms with Crippen molar-refractivity contribution in [3.05, 3.63) is 83.9 Å². The van der Waals surface area contributed by atoms with Crippen molar-refractivity contribution < 1.29 is 9.53 Å². The Hall–Kier alpha value is -3.27.